The minimum atomic E-state index is -0.796. The Morgan fingerprint density at radius 2 is 1.62 bits per heavy atom. The number of carbonyl (C=O) groups is 2. The van der Waals surface area contributed by atoms with Crippen LogP contribution < -0.4 is 9.64 Å². The summed E-state index contributed by atoms with van der Waals surface area (Å²) in [6.45, 7) is 7.71. The van der Waals surface area contributed by atoms with E-state index in [-0.39, 0.29) is 11.3 Å². The average molecular weight is 495 g/mol. The SMILES string of the molecule is COc1cc(C)c(/C(O)=C2\C(=O)C(=O)N(c3ccc(C)c(C)c3)C2c2cn(C)c3ccccc23)cc1C. The molecule has 1 aliphatic heterocycles. The van der Waals surface area contributed by atoms with E-state index >= 15 is 0 Å². The molecule has 0 bridgehead atoms. The van der Waals surface area contributed by atoms with Crippen LogP contribution in [0, 0.1) is 27.7 Å². The molecule has 4 aromatic rings. The smallest absolute Gasteiger partial charge is 0.300 e. The van der Waals surface area contributed by atoms with Gasteiger partial charge in [-0.05, 0) is 80.3 Å². The molecule has 0 radical (unpaired) electrons. The largest absolute Gasteiger partial charge is 0.507 e. The summed E-state index contributed by atoms with van der Waals surface area (Å²) in [5.41, 5.74) is 6.61. The number of ketones is 1. The summed E-state index contributed by atoms with van der Waals surface area (Å²) in [6, 6.07) is 16.4. The van der Waals surface area contributed by atoms with Crippen molar-refractivity contribution in [3.8, 4) is 5.75 Å². The molecule has 3 aromatic carbocycles. The minimum absolute atomic E-state index is 0.0762. The number of aromatic nitrogens is 1. The first kappa shape index (κ1) is 24.4. The molecule has 1 N–H and O–H groups in total. The molecule has 0 aliphatic carbocycles. The highest BCUT2D eigenvalue weighted by molar-refractivity contribution is 6.52. The second kappa shape index (κ2) is 8.96. The number of Topliss-reactive ketones (excluding diaryl/α,β-unsaturated/α-hetero) is 1. The van der Waals surface area contributed by atoms with Crippen LogP contribution in [0.3, 0.4) is 0 Å². The van der Waals surface area contributed by atoms with Crippen molar-refractivity contribution in [2.75, 3.05) is 12.0 Å². The first-order valence-corrected chi connectivity index (χ1v) is 12.2. The monoisotopic (exact) mass is 494 g/mol. The summed E-state index contributed by atoms with van der Waals surface area (Å²) < 4.78 is 7.41. The van der Waals surface area contributed by atoms with Crippen molar-refractivity contribution in [3.05, 3.63) is 99.7 Å². The lowest BCUT2D eigenvalue weighted by Gasteiger charge is -2.26. The van der Waals surface area contributed by atoms with Gasteiger partial charge in [-0.3, -0.25) is 14.5 Å². The van der Waals surface area contributed by atoms with Gasteiger partial charge >= 0.3 is 0 Å². The fourth-order valence-electron chi connectivity index (χ4n) is 5.27. The van der Waals surface area contributed by atoms with Crippen LogP contribution in [0.25, 0.3) is 16.7 Å². The predicted octanol–water partition coefficient (Wildman–Crippen LogP) is 6.05. The summed E-state index contributed by atoms with van der Waals surface area (Å²) in [4.78, 5) is 28.8. The van der Waals surface area contributed by atoms with E-state index in [1.165, 1.54) is 4.90 Å². The van der Waals surface area contributed by atoms with Crippen LogP contribution in [0.15, 0.2) is 66.4 Å². The molecule has 0 spiro atoms. The lowest BCUT2D eigenvalue weighted by atomic mass is 9.92. The normalized spacial score (nSPS) is 17.1. The number of hydrogen-bond acceptors (Lipinski definition) is 4. The quantitative estimate of drug-likeness (QED) is 0.213. The highest BCUT2D eigenvalue weighted by atomic mass is 16.5. The van der Waals surface area contributed by atoms with Crippen LogP contribution in [0.5, 0.6) is 5.75 Å². The predicted molar refractivity (Wildman–Crippen MR) is 146 cm³/mol. The van der Waals surface area contributed by atoms with Crippen molar-refractivity contribution in [1.29, 1.82) is 0 Å². The number of ether oxygens (including phenoxy) is 1. The van der Waals surface area contributed by atoms with Gasteiger partial charge in [-0.15, -0.1) is 0 Å². The van der Waals surface area contributed by atoms with E-state index in [1.54, 1.807) is 13.2 Å². The first-order valence-electron chi connectivity index (χ1n) is 12.2. The number of aliphatic hydroxyl groups is 1. The van der Waals surface area contributed by atoms with Crippen molar-refractivity contribution in [2.24, 2.45) is 7.05 Å². The number of aliphatic hydroxyl groups excluding tert-OH is 1. The highest BCUT2D eigenvalue weighted by Crippen LogP contribution is 2.45. The van der Waals surface area contributed by atoms with Gasteiger partial charge in [0.25, 0.3) is 11.7 Å². The number of nitrogens with zero attached hydrogens (tertiary/aromatic N) is 2. The summed E-state index contributed by atoms with van der Waals surface area (Å²) in [7, 11) is 3.53. The molecule has 5 rings (SSSR count). The number of methoxy groups -OCH3 is 1. The molecular weight excluding hydrogens is 464 g/mol. The standard InChI is InChI=1S/C31H30N2O4/c1-17-11-12-21(13-18(17)2)33-28(24-16-32(5)25-10-8-7-9-22(24)25)27(30(35)31(33)36)29(34)23-14-20(4)26(37-6)15-19(23)3/h7-16,28,34H,1-6H3/b29-27+. The maximum atomic E-state index is 13.7. The van der Waals surface area contributed by atoms with E-state index in [0.717, 1.165) is 38.7 Å². The van der Waals surface area contributed by atoms with Gasteiger partial charge in [-0.2, -0.15) is 0 Å². The third-order valence-electron chi connectivity index (χ3n) is 7.43. The molecule has 2 heterocycles. The van der Waals surface area contributed by atoms with E-state index in [0.29, 0.717) is 17.0 Å². The van der Waals surface area contributed by atoms with Gasteiger partial charge in [0, 0.05) is 41.0 Å². The molecule has 1 aromatic heterocycles. The molecule has 1 unspecified atom stereocenters. The maximum Gasteiger partial charge on any atom is 0.300 e. The van der Waals surface area contributed by atoms with Gasteiger partial charge in [-0.25, -0.2) is 0 Å². The van der Waals surface area contributed by atoms with Crippen LogP contribution in [0.4, 0.5) is 5.69 Å². The van der Waals surface area contributed by atoms with E-state index < -0.39 is 17.7 Å². The first-order chi connectivity index (χ1) is 17.6. The Hall–Kier alpha value is -4.32. The Morgan fingerprint density at radius 3 is 2.32 bits per heavy atom. The second-order valence-electron chi connectivity index (χ2n) is 9.79. The summed E-state index contributed by atoms with van der Waals surface area (Å²) in [5, 5.41) is 12.6. The second-order valence-corrected chi connectivity index (χ2v) is 9.79. The van der Waals surface area contributed by atoms with Crippen LogP contribution in [-0.4, -0.2) is 28.5 Å². The molecule has 1 atom stereocenters. The summed E-state index contributed by atoms with van der Waals surface area (Å²) in [5.74, 6) is -0.867. The third-order valence-corrected chi connectivity index (χ3v) is 7.43. The van der Waals surface area contributed by atoms with Gasteiger partial charge < -0.3 is 14.4 Å². The third kappa shape index (κ3) is 3.80. The van der Waals surface area contributed by atoms with Crippen LogP contribution >= 0.6 is 0 Å². The van der Waals surface area contributed by atoms with Gasteiger partial charge in [-0.1, -0.05) is 24.3 Å². The van der Waals surface area contributed by atoms with E-state index in [9.17, 15) is 14.7 Å². The molecule has 37 heavy (non-hydrogen) atoms. The number of carbonyl (C=O) groups excluding carboxylic acids is 2. The van der Waals surface area contributed by atoms with Crippen molar-refractivity contribution in [2.45, 2.75) is 33.7 Å². The Bertz CT molecular complexity index is 1630. The molecule has 188 valence electrons. The van der Waals surface area contributed by atoms with Crippen molar-refractivity contribution >= 4 is 34.0 Å². The zero-order valence-electron chi connectivity index (χ0n) is 21.9. The van der Waals surface area contributed by atoms with E-state index in [1.807, 2.05) is 94.0 Å². The molecule has 6 heteroatoms. The number of anilines is 1. The average Bonchev–Trinajstić information content (AvgIpc) is 3.35. The summed E-state index contributed by atoms with van der Waals surface area (Å²) >= 11 is 0. The van der Waals surface area contributed by atoms with E-state index in [2.05, 4.69) is 0 Å². The Morgan fingerprint density at radius 1 is 0.892 bits per heavy atom. The summed E-state index contributed by atoms with van der Waals surface area (Å²) in [6.07, 6.45) is 1.94. The lowest BCUT2D eigenvalue weighted by Crippen LogP contribution is -2.29. The van der Waals surface area contributed by atoms with E-state index in [4.69, 9.17) is 4.74 Å². The van der Waals surface area contributed by atoms with Crippen molar-refractivity contribution in [3.63, 3.8) is 0 Å². The van der Waals surface area contributed by atoms with Crippen LogP contribution in [0.2, 0.25) is 0 Å². The fourth-order valence-corrected chi connectivity index (χ4v) is 5.27. The number of para-hydroxylation sites is 1. The fraction of sp³-hybridized carbons (Fsp3) is 0.226. The zero-order valence-corrected chi connectivity index (χ0v) is 21.9. The van der Waals surface area contributed by atoms with Crippen molar-refractivity contribution in [1.82, 2.24) is 4.57 Å². The highest BCUT2D eigenvalue weighted by Gasteiger charge is 2.48. The maximum absolute atomic E-state index is 13.7. The topological polar surface area (TPSA) is 71.8 Å². The number of fused-ring (bicyclic) bond motifs is 1. The number of aryl methyl sites for hydroxylation is 5. The van der Waals surface area contributed by atoms with Gasteiger partial charge in [0.1, 0.15) is 11.5 Å². The van der Waals surface area contributed by atoms with Crippen molar-refractivity contribution < 1.29 is 19.4 Å². The van der Waals surface area contributed by atoms with Gasteiger partial charge in [0.2, 0.25) is 0 Å². The molecule has 1 amide bonds. The Balaban J connectivity index is 1.82. The molecule has 1 saturated heterocycles. The minimum Gasteiger partial charge on any atom is -0.507 e. The number of rotatable bonds is 4. The molecule has 6 nitrogen and oxygen atoms in total. The Kier molecular flexibility index (Phi) is 5.91. The number of benzene rings is 3. The molecular formula is C31H30N2O4. The van der Waals surface area contributed by atoms with Crippen LogP contribution in [-0.2, 0) is 16.6 Å². The Labute approximate surface area is 216 Å². The molecule has 1 fully saturated rings. The number of hydrogen-bond donors (Lipinski definition) is 1. The van der Waals surface area contributed by atoms with Gasteiger partial charge in [0.05, 0.1) is 18.7 Å². The molecule has 0 saturated carbocycles. The van der Waals surface area contributed by atoms with Gasteiger partial charge in [0.15, 0.2) is 0 Å². The zero-order chi connectivity index (χ0) is 26.6. The molecule has 1 aliphatic rings. The van der Waals surface area contributed by atoms with Crippen LogP contribution in [0.1, 0.15) is 39.4 Å². The lowest BCUT2D eigenvalue weighted by molar-refractivity contribution is -0.132. The number of amides is 1.